The van der Waals surface area contributed by atoms with Crippen LogP contribution in [0, 0.1) is 0 Å². The molecule has 0 radical (unpaired) electrons. The minimum atomic E-state index is 0.274. The first-order valence-corrected chi connectivity index (χ1v) is 9.04. The van der Waals surface area contributed by atoms with Crippen molar-refractivity contribution in [1.82, 2.24) is 25.1 Å². The Hall–Kier alpha value is -2.15. The molecule has 1 saturated heterocycles. The fraction of sp³-hybridized carbons (Fsp3) is 0.611. The minimum Gasteiger partial charge on any atom is -0.497 e. The highest BCUT2D eigenvalue weighted by molar-refractivity contribution is 5.49. The molecular formula is C18H28N6O. The molecular weight excluding hydrogens is 316 g/mol. The highest BCUT2D eigenvalue weighted by Crippen LogP contribution is 2.27. The van der Waals surface area contributed by atoms with E-state index in [1.54, 1.807) is 7.11 Å². The summed E-state index contributed by atoms with van der Waals surface area (Å²) in [6.07, 6.45) is 1.01. The molecule has 0 saturated carbocycles. The first-order valence-electron chi connectivity index (χ1n) is 9.04. The van der Waals surface area contributed by atoms with Crippen LogP contribution in [0.4, 0.5) is 5.69 Å². The van der Waals surface area contributed by atoms with Crippen LogP contribution in [0.25, 0.3) is 0 Å². The Bertz CT molecular complexity index is 660. The van der Waals surface area contributed by atoms with E-state index in [9.17, 15) is 0 Å². The van der Waals surface area contributed by atoms with E-state index in [0.717, 1.165) is 44.2 Å². The molecule has 0 unspecified atom stereocenters. The molecule has 25 heavy (non-hydrogen) atoms. The highest BCUT2D eigenvalue weighted by Gasteiger charge is 2.28. The second-order valence-corrected chi connectivity index (χ2v) is 6.72. The van der Waals surface area contributed by atoms with Crippen LogP contribution in [-0.2, 0) is 0 Å². The third-order valence-electron chi connectivity index (χ3n) is 4.88. The molecule has 7 nitrogen and oxygen atoms in total. The molecule has 3 rings (SSSR count). The predicted molar refractivity (Wildman–Crippen MR) is 98.0 cm³/mol. The molecule has 1 aromatic heterocycles. The summed E-state index contributed by atoms with van der Waals surface area (Å²) in [7, 11) is 1.70. The van der Waals surface area contributed by atoms with Crippen molar-refractivity contribution in [3.63, 3.8) is 0 Å². The number of hydrogen-bond acceptors (Lipinski definition) is 6. The fourth-order valence-electron chi connectivity index (χ4n) is 3.48. The molecule has 136 valence electrons. The van der Waals surface area contributed by atoms with Crippen LogP contribution < -0.4 is 9.64 Å². The van der Waals surface area contributed by atoms with Gasteiger partial charge in [0.25, 0.3) is 0 Å². The number of nitrogens with zero attached hydrogens (tertiary/aromatic N) is 6. The van der Waals surface area contributed by atoms with Crippen LogP contribution in [0.2, 0.25) is 0 Å². The van der Waals surface area contributed by atoms with Crippen molar-refractivity contribution in [2.75, 3.05) is 38.2 Å². The average molecular weight is 344 g/mol. The molecule has 1 aromatic carbocycles. The SMILES string of the molecule is CC[C@H](c1nnnn1C(C)C)N1CCN(c2ccc(OC)cc2)CC1. The first kappa shape index (κ1) is 17.7. The number of benzene rings is 1. The lowest BCUT2D eigenvalue weighted by Crippen LogP contribution is -2.48. The van der Waals surface area contributed by atoms with Gasteiger partial charge in [0, 0.05) is 31.9 Å². The monoisotopic (exact) mass is 344 g/mol. The van der Waals surface area contributed by atoms with E-state index in [2.05, 4.69) is 58.2 Å². The Morgan fingerprint density at radius 1 is 1.08 bits per heavy atom. The average Bonchev–Trinajstić information content (AvgIpc) is 3.13. The Morgan fingerprint density at radius 3 is 2.32 bits per heavy atom. The summed E-state index contributed by atoms with van der Waals surface area (Å²) >= 11 is 0. The van der Waals surface area contributed by atoms with E-state index in [1.165, 1.54) is 5.69 Å². The minimum absolute atomic E-state index is 0.274. The van der Waals surface area contributed by atoms with Gasteiger partial charge in [-0.15, -0.1) is 5.10 Å². The summed E-state index contributed by atoms with van der Waals surface area (Å²) in [6.45, 7) is 10.5. The van der Waals surface area contributed by atoms with Crippen molar-refractivity contribution >= 4 is 5.69 Å². The van der Waals surface area contributed by atoms with Crippen molar-refractivity contribution in [2.24, 2.45) is 0 Å². The van der Waals surface area contributed by atoms with Crippen LogP contribution in [-0.4, -0.2) is 58.4 Å². The quantitative estimate of drug-likeness (QED) is 0.803. The lowest BCUT2D eigenvalue weighted by molar-refractivity contribution is 0.167. The van der Waals surface area contributed by atoms with Crippen molar-refractivity contribution in [3.05, 3.63) is 30.1 Å². The zero-order valence-corrected chi connectivity index (χ0v) is 15.6. The molecule has 2 aromatic rings. The number of ether oxygens (including phenoxy) is 1. The van der Waals surface area contributed by atoms with Crippen molar-refractivity contribution in [1.29, 1.82) is 0 Å². The fourth-order valence-corrected chi connectivity index (χ4v) is 3.48. The van der Waals surface area contributed by atoms with Crippen LogP contribution in [0.3, 0.4) is 0 Å². The lowest BCUT2D eigenvalue weighted by Gasteiger charge is -2.39. The number of tetrazole rings is 1. The molecule has 0 N–H and O–H groups in total. The summed E-state index contributed by atoms with van der Waals surface area (Å²) in [4.78, 5) is 4.93. The van der Waals surface area contributed by atoms with Gasteiger partial charge in [0.05, 0.1) is 19.2 Å². The maximum atomic E-state index is 5.24. The smallest absolute Gasteiger partial charge is 0.168 e. The Morgan fingerprint density at radius 2 is 1.76 bits per heavy atom. The van der Waals surface area contributed by atoms with Gasteiger partial charge in [-0.3, -0.25) is 4.90 Å². The van der Waals surface area contributed by atoms with Gasteiger partial charge in [-0.2, -0.15) is 0 Å². The van der Waals surface area contributed by atoms with E-state index >= 15 is 0 Å². The lowest BCUT2D eigenvalue weighted by atomic mass is 10.1. The second kappa shape index (κ2) is 7.82. The Labute approximate surface area is 149 Å². The van der Waals surface area contributed by atoms with E-state index in [1.807, 2.05) is 16.8 Å². The zero-order valence-electron chi connectivity index (χ0n) is 15.6. The molecule has 7 heteroatoms. The maximum Gasteiger partial charge on any atom is 0.168 e. The van der Waals surface area contributed by atoms with E-state index in [4.69, 9.17) is 4.74 Å². The van der Waals surface area contributed by atoms with Gasteiger partial charge >= 0.3 is 0 Å². The van der Waals surface area contributed by atoms with Crippen molar-refractivity contribution in [3.8, 4) is 5.75 Å². The van der Waals surface area contributed by atoms with Crippen LogP contribution in [0.1, 0.15) is 45.1 Å². The number of hydrogen-bond donors (Lipinski definition) is 0. The third-order valence-corrected chi connectivity index (χ3v) is 4.88. The number of anilines is 1. The van der Waals surface area contributed by atoms with Gasteiger partial charge < -0.3 is 9.64 Å². The van der Waals surface area contributed by atoms with E-state index in [0.29, 0.717) is 0 Å². The molecule has 0 amide bonds. The second-order valence-electron chi connectivity index (χ2n) is 6.72. The zero-order chi connectivity index (χ0) is 17.8. The predicted octanol–water partition coefficient (Wildman–Crippen LogP) is 2.54. The van der Waals surface area contributed by atoms with Gasteiger partial charge in [-0.25, -0.2) is 4.68 Å². The topological polar surface area (TPSA) is 59.3 Å². The summed E-state index contributed by atoms with van der Waals surface area (Å²) in [5.74, 6) is 1.88. The number of aromatic nitrogens is 4. The largest absolute Gasteiger partial charge is 0.497 e. The van der Waals surface area contributed by atoms with Gasteiger partial charge in [0.1, 0.15) is 5.75 Å². The Balaban J connectivity index is 1.66. The summed E-state index contributed by atoms with van der Waals surface area (Å²) < 4.78 is 7.19. The van der Waals surface area contributed by atoms with Crippen LogP contribution in [0.5, 0.6) is 5.75 Å². The summed E-state index contributed by atoms with van der Waals surface area (Å²) in [5.41, 5.74) is 1.25. The van der Waals surface area contributed by atoms with Crippen LogP contribution >= 0.6 is 0 Å². The first-order chi connectivity index (χ1) is 12.1. The number of rotatable bonds is 6. The molecule has 0 spiro atoms. The molecule has 2 heterocycles. The van der Waals surface area contributed by atoms with Crippen LogP contribution in [0.15, 0.2) is 24.3 Å². The highest BCUT2D eigenvalue weighted by atomic mass is 16.5. The molecule has 1 atom stereocenters. The molecule has 0 aliphatic carbocycles. The van der Waals surface area contributed by atoms with Gasteiger partial charge in [-0.05, 0) is 55.0 Å². The molecule has 1 aliphatic heterocycles. The molecule has 0 bridgehead atoms. The van der Waals surface area contributed by atoms with Crippen molar-refractivity contribution < 1.29 is 4.74 Å². The van der Waals surface area contributed by atoms with Gasteiger partial charge in [0.15, 0.2) is 5.82 Å². The van der Waals surface area contributed by atoms with Gasteiger partial charge in [0.2, 0.25) is 0 Å². The van der Waals surface area contributed by atoms with Crippen molar-refractivity contribution in [2.45, 2.75) is 39.3 Å². The molecule has 1 fully saturated rings. The number of piperazine rings is 1. The normalized spacial score (nSPS) is 17.1. The number of methoxy groups -OCH3 is 1. The summed E-state index contributed by atoms with van der Waals surface area (Å²) in [5, 5.41) is 12.4. The Kier molecular flexibility index (Phi) is 5.53. The summed E-state index contributed by atoms with van der Waals surface area (Å²) in [6, 6.07) is 8.85. The maximum absolute atomic E-state index is 5.24. The van der Waals surface area contributed by atoms with E-state index in [-0.39, 0.29) is 12.1 Å². The molecule has 1 aliphatic rings. The van der Waals surface area contributed by atoms with E-state index < -0.39 is 0 Å². The van der Waals surface area contributed by atoms with Gasteiger partial charge in [-0.1, -0.05) is 6.92 Å². The third kappa shape index (κ3) is 3.76. The standard InChI is InChI=1S/C18H28N6O/c1-5-17(18-19-20-21-24(18)14(2)3)23-12-10-22(11-13-23)15-6-8-16(25-4)9-7-15/h6-9,14,17H,5,10-13H2,1-4H3/t17-/m1/s1.